The monoisotopic (exact) mass is 262 g/mol. The Kier molecular flexibility index (Phi) is 2.38. The van der Waals surface area contributed by atoms with Gasteiger partial charge in [-0.1, -0.05) is 0 Å². The second kappa shape index (κ2) is 3.96. The first-order valence-electron chi connectivity index (χ1n) is 6.71. The summed E-state index contributed by atoms with van der Waals surface area (Å²) in [6.07, 6.45) is 8.01. The van der Waals surface area contributed by atoms with E-state index in [1.54, 1.807) is 11.3 Å². The number of hydrogen-bond acceptors (Lipinski definition) is 5. The van der Waals surface area contributed by atoms with Gasteiger partial charge in [-0.25, -0.2) is 4.98 Å². The maximum atomic E-state index is 4.28. The number of fused-ring (bicyclic) bond motifs is 2. The summed E-state index contributed by atoms with van der Waals surface area (Å²) < 4.78 is 0. The molecule has 5 heteroatoms. The van der Waals surface area contributed by atoms with Gasteiger partial charge in [0.25, 0.3) is 0 Å². The van der Waals surface area contributed by atoms with Crippen molar-refractivity contribution in [2.24, 2.45) is 5.92 Å². The molecule has 3 saturated heterocycles. The van der Waals surface area contributed by atoms with Crippen molar-refractivity contribution in [2.75, 3.05) is 25.0 Å². The molecule has 2 bridgehead atoms. The lowest BCUT2D eigenvalue weighted by Gasteiger charge is -2.52. The van der Waals surface area contributed by atoms with Crippen molar-refractivity contribution >= 4 is 16.5 Å². The smallest absolute Gasteiger partial charge is 0.188 e. The van der Waals surface area contributed by atoms with Crippen molar-refractivity contribution in [1.29, 1.82) is 0 Å². The summed E-state index contributed by atoms with van der Waals surface area (Å²) in [5.74, 6) is 1.99. The van der Waals surface area contributed by atoms with Gasteiger partial charge in [0.1, 0.15) is 5.82 Å². The van der Waals surface area contributed by atoms with Crippen LogP contribution in [0.15, 0.2) is 23.5 Å². The van der Waals surface area contributed by atoms with Crippen LogP contribution < -0.4 is 10.6 Å². The second-order valence-corrected chi connectivity index (χ2v) is 6.51. The predicted octanol–water partition coefficient (Wildman–Crippen LogP) is 1.85. The van der Waals surface area contributed by atoms with Gasteiger partial charge in [0.05, 0.1) is 5.54 Å². The summed E-state index contributed by atoms with van der Waals surface area (Å²) in [6, 6.07) is 0. The van der Waals surface area contributed by atoms with E-state index in [1.165, 1.54) is 32.5 Å². The molecule has 2 N–H and O–H groups in total. The molecule has 1 aromatic heterocycles. The Labute approximate surface area is 111 Å². The highest BCUT2D eigenvalue weighted by molar-refractivity contribution is 7.13. The molecule has 0 amide bonds. The van der Waals surface area contributed by atoms with Gasteiger partial charge in [-0.15, -0.1) is 11.3 Å². The van der Waals surface area contributed by atoms with E-state index >= 15 is 0 Å². The van der Waals surface area contributed by atoms with Crippen molar-refractivity contribution in [2.45, 2.75) is 24.8 Å². The van der Waals surface area contributed by atoms with Gasteiger partial charge in [0, 0.05) is 18.1 Å². The lowest BCUT2D eigenvalue weighted by Crippen LogP contribution is -2.64. The molecule has 0 radical (unpaired) electrons. The number of nitrogens with one attached hydrogen (secondary N) is 2. The Hall–Kier alpha value is -1.07. The highest BCUT2D eigenvalue weighted by Gasteiger charge is 2.48. The van der Waals surface area contributed by atoms with Gasteiger partial charge < -0.3 is 15.5 Å². The van der Waals surface area contributed by atoms with Crippen molar-refractivity contribution in [3.05, 3.63) is 23.5 Å². The molecular weight excluding hydrogens is 244 g/mol. The van der Waals surface area contributed by atoms with Crippen molar-refractivity contribution in [3.63, 3.8) is 0 Å². The Morgan fingerprint density at radius 3 is 3.00 bits per heavy atom. The van der Waals surface area contributed by atoms with E-state index in [0.717, 1.165) is 23.3 Å². The number of anilines is 1. The van der Waals surface area contributed by atoms with Crippen LogP contribution in [0.1, 0.15) is 19.3 Å². The predicted molar refractivity (Wildman–Crippen MR) is 73.5 cm³/mol. The Balaban J connectivity index is 1.48. The summed E-state index contributed by atoms with van der Waals surface area (Å²) in [5.41, 5.74) is 0.302. The zero-order valence-electron chi connectivity index (χ0n) is 10.4. The van der Waals surface area contributed by atoms with Gasteiger partial charge in [0.15, 0.2) is 5.13 Å². The quantitative estimate of drug-likeness (QED) is 0.853. The summed E-state index contributed by atoms with van der Waals surface area (Å²) in [5, 5.41) is 10.1. The molecular formula is C13H18N4S. The molecule has 1 aromatic rings. The second-order valence-electron chi connectivity index (χ2n) is 5.62. The maximum Gasteiger partial charge on any atom is 0.188 e. The van der Waals surface area contributed by atoms with E-state index in [4.69, 9.17) is 0 Å². The number of thiazole rings is 1. The lowest BCUT2D eigenvalue weighted by molar-refractivity contribution is 0.0189. The van der Waals surface area contributed by atoms with Crippen LogP contribution in [0.25, 0.3) is 0 Å². The summed E-state index contributed by atoms with van der Waals surface area (Å²) in [7, 11) is 0. The van der Waals surface area contributed by atoms with Crippen LogP contribution in [0, 0.1) is 5.92 Å². The highest BCUT2D eigenvalue weighted by Crippen LogP contribution is 2.41. The van der Waals surface area contributed by atoms with Crippen molar-refractivity contribution in [1.82, 2.24) is 15.2 Å². The highest BCUT2D eigenvalue weighted by atomic mass is 32.1. The molecule has 18 heavy (non-hydrogen) atoms. The van der Waals surface area contributed by atoms with Crippen LogP contribution in [-0.4, -0.2) is 35.1 Å². The SMILES string of the molecule is C1=C(Nc2nccs2)N[C@@]2(C1)CN1CCC2CC1. The molecule has 4 aliphatic rings. The van der Waals surface area contributed by atoms with Gasteiger partial charge in [-0.05, 0) is 44.3 Å². The van der Waals surface area contributed by atoms with Gasteiger partial charge in [0.2, 0.25) is 0 Å². The molecule has 1 spiro atoms. The molecule has 3 fully saturated rings. The van der Waals surface area contributed by atoms with Crippen LogP contribution in [0.2, 0.25) is 0 Å². The minimum atomic E-state index is 0.302. The molecule has 1 atom stereocenters. The first-order chi connectivity index (χ1) is 8.84. The fourth-order valence-electron chi connectivity index (χ4n) is 3.68. The van der Waals surface area contributed by atoms with Gasteiger partial charge >= 0.3 is 0 Å². The molecule has 96 valence electrons. The van der Waals surface area contributed by atoms with Crippen LogP contribution >= 0.6 is 11.3 Å². The molecule has 4 nitrogen and oxygen atoms in total. The topological polar surface area (TPSA) is 40.2 Å². The van der Waals surface area contributed by atoms with Crippen molar-refractivity contribution in [3.8, 4) is 0 Å². The Bertz CT molecular complexity index is 461. The first-order valence-corrected chi connectivity index (χ1v) is 7.59. The third-order valence-electron chi connectivity index (χ3n) is 4.60. The zero-order valence-corrected chi connectivity index (χ0v) is 11.2. The van der Waals surface area contributed by atoms with Crippen LogP contribution in [0.4, 0.5) is 5.13 Å². The lowest BCUT2D eigenvalue weighted by atomic mass is 9.72. The van der Waals surface area contributed by atoms with Crippen LogP contribution in [0.3, 0.4) is 0 Å². The average molecular weight is 262 g/mol. The van der Waals surface area contributed by atoms with Gasteiger partial charge in [-0.2, -0.15) is 0 Å². The molecule has 0 saturated carbocycles. The molecule has 0 aromatic carbocycles. The van der Waals surface area contributed by atoms with Crippen molar-refractivity contribution < 1.29 is 0 Å². The Morgan fingerprint density at radius 2 is 2.33 bits per heavy atom. The fourth-order valence-corrected chi connectivity index (χ4v) is 4.22. The molecule has 0 unspecified atom stereocenters. The largest absolute Gasteiger partial charge is 0.365 e. The van der Waals surface area contributed by atoms with Crippen LogP contribution in [0.5, 0.6) is 0 Å². The molecule has 5 rings (SSSR count). The molecule has 0 aliphatic carbocycles. The van der Waals surface area contributed by atoms with E-state index in [2.05, 4.69) is 26.6 Å². The third-order valence-corrected chi connectivity index (χ3v) is 5.29. The minimum Gasteiger partial charge on any atom is -0.365 e. The average Bonchev–Trinajstić information content (AvgIpc) is 3.02. The Morgan fingerprint density at radius 1 is 1.44 bits per heavy atom. The fraction of sp³-hybridized carbons (Fsp3) is 0.615. The number of aromatic nitrogens is 1. The van der Waals surface area contributed by atoms with E-state index in [-0.39, 0.29) is 0 Å². The van der Waals surface area contributed by atoms with E-state index in [1.807, 2.05) is 11.6 Å². The minimum absolute atomic E-state index is 0.302. The normalized spacial score (nSPS) is 37.7. The number of hydrogen-bond donors (Lipinski definition) is 2. The number of nitrogens with zero attached hydrogens (tertiary/aromatic N) is 2. The standard InChI is InChI=1S/C13H18N4S/c1-4-13(9-17-6-2-10(13)3-7-17)16-11(1)15-12-14-5-8-18-12/h1,5,8,10,16H,2-4,6-7,9H2,(H,14,15)/t13-/m0/s1. The van der Waals surface area contributed by atoms with E-state index in [0.29, 0.717) is 5.54 Å². The third kappa shape index (κ3) is 1.65. The number of rotatable bonds is 2. The summed E-state index contributed by atoms with van der Waals surface area (Å²) >= 11 is 1.65. The maximum absolute atomic E-state index is 4.28. The van der Waals surface area contributed by atoms with E-state index < -0.39 is 0 Å². The number of piperidine rings is 3. The van der Waals surface area contributed by atoms with E-state index in [9.17, 15) is 0 Å². The zero-order chi connectivity index (χ0) is 12.0. The molecule has 4 aliphatic heterocycles. The summed E-state index contributed by atoms with van der Waals surface area (Å²) in [6.45, 7) is 3.80. The first kappa shape index (κ1) is 10.8. The summed E-state index contributed by atoms with van der Waals surface area (Å²) in [4.78, 5) is 6.88. The van der Waals surface area contributed by atoms with Crippen LogP contribution in [-0.2, 0) is 0 Å². The molecule has 5 heterocycles. The van der Waals surface area contributed by atoms with Gasteiger partial charge in [-0.3, -0.25) is 0 Å².